The molecule has 0 aliphatic heterocycles. The number of carbonyl (C=O) groups excluding carboxylic acids is 1. The average molecular weight is 301 g/mol. The van der Waals surface area contributed by atoms with E-state index >= 15 is 0 Å². The molecule has 4 heteroatoms. The Labute approximate surface area is 127 Å². The summed E-state index contributed by atoms with van der Waals surface area (Å²) in [6.45, 7) is 0. The normalized spacial score (nSPS) is 15.5. The van der Waals surface area contributed by atoms with Crippen LogP contribution in [0.5, 0.6) is 0 Å². The lowest BCUT2D eigenvalue weighted by Gasteiger charge is -2.17. The zero-order valence-corrected chi connectivity index (χ0v) is 12.3. The summed E-state index contributed by atoms with van der Waals surface area (Å²) in [5, 5.41) is 2.58. The minimum Gasteiger partial charge on any atom is -0.352 e. The molecule has 1 saturated carbocycles. The molecular weight excluding hydrogens is 285 g/mol. The maximum absolute atomic E-state index is 13.9. The van der Waals surface area contributed by atoms with E-state index in [4.69, 9.17) is 0 Å². The van der Waals surface area contributed by atoms with Crippen molar-refractivity contribution in [1.29, 1.82) is 0 Å². The number of hydrogen-bond acceptors (Lipinski definition) is 2. The Morgan fingerprint density at radius 1 is 1.10 bits per heavy atom. The van der Waals surface area contributed by atoms with Crippen molar-refractivity contribution >= 4 is 17.7 Å². The SMILES string of the molecule is O=C(NC1CC1)[C@H](Sc1ccccc1F)c1ccccc1. The molecule has 0 bridgehead atoms. The highest BCUT2D eigenvalue weighted by Crippen LogP contribution is 2.37. The highest BCUT2D eigenvalue weighted by molar-refractivity contribution is 8.00. The zero-order valence-electron chi connectivity index (χ0n) is 11.5. The summed E-state index contributed by atoms with van der Waals surface area (Å²) in [6.07, 6.45) is 2.08. The van der Waals surface area contributed by atoms with Crippen molar-refractivity contribution in [1.82, 2.24) is 5.32 Å². The van der Waals surface area contributed by atoms with E-state index in [0.717, 1.165) is 18.4 Å². The van der Waals surface area contributed by atoms with Crippen LogP contribution in [-0.4, -0.2) is 11.9 Å². The van der Waals surface area contributed by atoms with Gasteiger partial charge in [0.1, 0.15) is 11.1 Å². The smallest absolute Gasteiger partial charge is 0.238 e. The van der Waals surface area contributed by atoms with Gasteiger partial charge in [0.15, 0.2) is 0 Å². The Balaban J connectivity index is 1.85. The van der Waals surface area contributed by atoms with Crippen LogP contribution in [0.15, 0.2) is 59.5 Å². The Morgan fingerprint density at radius 3 is 2.43 bits per heavy atom. The topological polar surface area (TPSA) is 29.1 Å². The van der Waals surface area contributed by atoms with Gasteiger partial charge in [-0.1, -0.05) is 42.5 Å². The van der Waals surface area contributed by atoms with Crippen LogP contribution in [0.1, 0.15) is 23.7 Å². The first-order valence-corrected chi connectivity index (χ1v) is 7.88. The van der Waals surface area contributed by atoms with Crippen LogP contribution in [0.4, 0.5) is 4.39 Å². The standard InChI is InChI=1S/C17H16FNOS/c18-14-8-4-5-9-15(14)21-16(12-6-2-1-3-7-12)17(20)19-13-10-11-13/h1-9,13,16H,10-11H2,(H,19,20)/t16-/m1/s1. The molecule has 3 rings (SSSR count). The minimum atomic E-state index is -0.427. The number of hydrogen-bond donors (Lipinski definition) is 1. The summed E-state index contributed by atoms with van der Waals surface area (Å²) < 4.78 is 13.9. The lowest BCUT2D eigenvalue weighted by atomic mass is 10.1. The molecule has 1 N–H and O–H groups in total. The summed E-state index contributed by atoms with van der Waals surface area (Å²) in [7, 11) is 0. The van der Waals surface area contributed by atoms with Crippen LogP contribution in [-0.2, 0) is 4.79 Å². The number of amides is 1. The third kappa shape index (κ3) is 3.64. The first-order valence-electron chi connectivity index (χ1n) is 7.00. The van der Waals surface area contributed by atoms with Crippen molar-refractivity contribution in [2.45, 2.75) is 29.0 Å². The van der Waals surface area contributed by atoms with Gasteiger partial charge < -0.3 is 5.32 Å². The summed E-state index contributed by atoms with van der Waals surface area (Å²) in [6, 6.07) is 16.4. The van der Waals surface area contributed by atoms with E-state index < -0.39 is 5.25 Å². The number of benzene rings is 2. The van der Waals surface area contributed by atoms with Crippen LogP contribution >= 0.6 is 11.8 Å². The van der Waals surface area contributed by atoms with Gasteiger partial charge in [-0.25, -0.2) is 4.39 Å². The third-order valence-corrected chi connectivity index (χ3v) is 4.65. The maximum Gasteiger partial charge on any atom is 0.238 e. The molecule has 2 aromatic rings. The van der Waals surface area contributed by atoms with Crippen LogP contribution in [0, 0.1) is 5.82 Å². The fourth-order valence-corrected chi connectivity index (χ4v) is 3.13. The second-order valence-corrected chi connectivity index (χ2v) is 6.27. The number of nitrogens with one attached hydrogen (secondary N) is 1. The van der Waals surface area contributed by atoms with E-state index in [2.05, 4.69) is 5.32 Å². The van der Waals surface area contributed by atoms with E-state index in [1.165, 1.54) is 17.8 Å². The average Bonchev–Trinajstić information content (AvgIpc) is 3.31. The quantitative estimate of drug-likeness (QED) is 0.848. The van der Waals surface area contributed by atoms with Gasteiger partial charge in [-0.3, -0.25) is 4.79 Å². The molecule has 1 amide bonds. The molecular formula is C17H16FNOS. The van der Waals surface area contributed by atoms with Gasteiger partial charge in [0.05, 0.1) is 0 Å². The first-order chi connectivity index (χ1) is 10.2. The molecule has 0 unspecified atom stereocenters. The molecule has 108 valence electrons. The summed E-state index contributed by atoms with van der Waals surface area (Å²) >= 11 is 1.26. The zero-order chi connectivity index (χ0) is 14.7. The summed E-state index contributed by atoms with van der Waals surface area (Å²) in [5.74, 6) is -0.334. The molecule has 0 radical (unpaired) electrons. The fourth-order valence-electron chi connectivity index (χ4n) is 2.07. The van der Waals surface area contributed by atoms with Crippen LogP contribution in [0.2, 0.25) is 0 Å². The number of rotatable bonds is 5. The monoisotopic (exact) mass is 301 g/mol. The summed E-state index contributed by atoms with van der Waals surface area (Å²) in [5.41, 5.74) is 0.893. The van der Waals surface area contributed by atoms with E-state index in [0.29, 0.717) is 10.9 Å². The molecule has 0 aromatic heterocycles. The van der Waals surface area contributed by atoms with Crippen molar-refractivity contribution in [3.63, 3.8) is 0 Å². The van der Waals surface area contributed by atoms with Crippen LogP contribution in [0.3, 0.4) is 0 Å². The van der Waals surface area contributed by atoms with Gasteiger partial charge in [-0.05, 0) is 30.5 Å². The van der Waals surface area contributed by atoms with Crippen molar-refractivity contribution in [2.24, 2.45) is 0 Å². The highest BCUT2D eigenvalue weighted by atomic mass is 32.2. The predicted molar refractivity (Wildman–Crippen MR) is 82.6 cm³/mol. The molecule has 0 saturated heterocycles. The van der Waals surface area contributed by atoms with Gasteiger partial charge >= 0.3 is 0 Å². The van der Waals surface area contributed by atoms with E-state index in [1.807, 2.05) is 30.3 Å². The lowest BCUT2D eigenvalue weighted by Crippen LogP contribution is -2.29. The molecule has 2 nitrogen and oxygen atoms in total. The Morgan fingerprint density at radius 2 is 1.76 bits per heavy atom. The van der Waals surface area contributed by atoms with Gasteiger partial charge in [-0.2, -0.15) is 0 Å². The van der Waals surface area contributed by atoms with Gasteiger partial charge in [0.2, 0.25) is 5.91 Å². The van der Waals surface area contributed by atoms with Crippen molar-refractivity contribution in [3.05, 3.63) is 66.0 Å². The molecule has 0 heterocycles. The molecule has 1 atom stereocenters. The molecule has 1 fully saturated rings. The Hall–Kier alpha value is -1.81. The Kier molecular flexibility index (Phi) is 4.25. The van der Waals surface area contributed by atoms with Gasteiger partial charge in [0.25, 0.3) is 0 Å². The molecule has 1 aliphatic rings. The summed E-state index contributed by atoms with van der Waals surface area (Å²) in [4.78, 5) is 13.0. The van der Waals surface area contributed by atoms with E-state index in [1.54, 1.807) is 18.2 Å². The first kappa shape index (κ1) is 14.1. The second-order valence-electron chi connectivity index (χ2n) is 5.12. The van der Waals surface area contributed by atoms with Gasteiger partial charge in [0, 0.05) is 10.9 Å². The molecule has 0 spiro atoms. The molecule has 2 aromatic carbocycles. The van der Waals surface area contributed by atoms with Crippen molar-refractivity contribution in [3.8, 4) is 0 Å². The molecule has 1 aliphatic carbocycles. The predicted octanol–water partition coefficient (Wildman–Crippen LogP) is 3.94. The van der Waals surface area contributed by atoms with Gasteiger partial charge in [-0.15, -0.1) is 11.8 Å². The number of carbonyl (C=O) groups is 1. The highest BCUT2D eigenvalue weighted by Gasteiger charge is 2.29. The number of thioether (sulfide) groups is 1. The minimum absolute atomic E-state index is 0.0445. The Bertz CT molecular complexity index is 628. The third-order valence-electron chi connectivity index (χ3n) is 3.35. The van der Waals surface area contributed by atoms with E-state index in [9.17, 15) is 9.18 Å². The second kappa shape index (κ2) is 6.31. The lowest BCUT2D eigenvalue weighted by molar-refractivity contribution is -0.120. The number of halogens is 1. The van der Waals surface area contributed by atoms with Crippen LogP contribution in [0.25, 0.3) is 0 Å². The van der Waals surface area contributed by atoms with E-state index in [-0.39, 0.29) is 11.7 Å². The van der Waals surface area contributed by atoms with Crippen molar-refractivity contribution < 1.29 is 9.18 Å². The van der Waals surface area contributed by atoms with Crippen molar-refractivity contribution in [2.75, 3.05) is 0 Å². The molecule has 21 heavy (non-hydrogen) atoms. The fraction of sp³-hybridized carbons (Fsp3) is 0.235. The maximum atomic E-state index is 13.9. The van der Waals surface area contributed by atoms with Crippen LogP contribution < -0.4 is 5.32 Å². The largest absolute Gasteiger partial charge is 0.352 e.